The first-order chi connectivity index (χ1) is 11.0. The summed E-state index contributed by atoms with van der Waals surface area (Å²) in [6, 6.07) is 10.4. The second-order valence-electron chi connectivity index (χ2n) is 6.86. The van der Waals surface area contributed by atoms with E-state index in [-0.39, 0.29) is 6.04 Å². The Balaban J connectivity index is 1.55. The topological polar surface area (TPSA) is 53.8 Å². The van der Waals surface area contributed by atoms with Gasteiger partial charge in [0, 0.05) is 31.1 Å². The van der Waals surface area contributed by atoms with E-state index in [1.165, 1.54) is 6.26 Å². The minimum Gasteiger partial charge on any atom is -0.460 e. The lowest BCUT2D eigenvalue weighted by molar-refractivity contribution is 0.117. The molecule has 0 unspecified atom stereocenters. The maximum atomic E-state index is 11.9. The molecule has 5 rings (SSSR count). The number of hydrogen-bond donors (Lipinski definition) is 0. The van der Waals surface area contributed by atoms with E-state index in [1.54, 1.807) is 4.31 Å². The Morgan fingerprint density at radius 3 is 2.78 bits per heavy atom. The number of benzene rings is 1. The second-order valence-corrected chi connectivity index (χ2v) is 8.84. The molecule has 3 aliphatic rings. The lowest BCUT2D eigenvalue weighted by atomic mass is 9.95. The van der Waals surface area contributed by atoms with Crippen molar-refractivity contribution in [2.45, 2.75) is 25.4 Å². The van der Waals surface area contributed by atoms with Gasteiger partial charge in [-0.3, -0.25) is 4.90 Å². The molecule has 4 heterocycles. The van der Waals surface area contributed by atoms with Crippen LogP contribution in [0.5, 0.6) is 0 Å². The second kappa shape index (κ2) is 5.61. The quantitative estimate of drug-likeness (QED) is 0.864. The van der Waals surface area contributed by atoms with Gasteiger partial charge in [-0.1, -0.05) is 18.2 Å². The third kappa shape index (κ3) is 3.03. The SMILES string of the molecule is CS(=O)(=O)N1C[C@@H]2CC[C@H](C1)N(Cc1cc3ccccc3o1)C2. The van der Waals surface area contributed by atoms with E-state index in [1.807, 2.05) is 18.2 Å². The Kier molecular flexibility index (Phi) is 3.70. The summed E-state index contributed by atoms with van der Waals surface area (Å²) < 4.78 is 31.5. The van der Waals surface area contributed by atoms with Crippen molar-refractivity contribution in [2.24, 2.45) is 5.92 Å². The molecule has 3 fully saturated rings. The molecular weight excluding hydrogens is 312 g/mol. The summed E-state index contributed by atoms with van der Waals surface area (Å²) in [4.78, 5) is 2.40. The van der Waals surface area contributed by atoms with Gasteiger partial charge in [-0.05, 0) is 30.9 Å². The molecule has 0 saturated carbocycles. The predicted molar refractivity (Wildman–Crippen MR) is 89.6 cm³/mol. The molecular formula is C17H22N2O3S. The summed E-state index contributed by atoms with van der Waals surface area (Å²) in [5, 5.41) is 1.13. The van der Waals surface area contributed by atoms with Crippen molar-refractivity contribution < 1.29 is 12.8 Å². The van der Waals surface area contributed by atoms with Gasteiger partial charge in [-0.2, -0.15) is 0 Å². The maximum absolute atomic E-state index is 11.9. The molecule has 0 amide bonds. The first-order valence-electron chi connectivity index (χ1n) is 8.16. The zero-order valence-electron chi connectivity index (χ0n) is 13.3. The smallest absolute Gasteiger partial charge is 0.211 e. The van der Waals surface area contributed by atoms with Crippen LogP contribution in [0.2, 0.25) is 0 Å². The first kappa shape index (κ1) is 15.2. The monoisotopic (exact) mass is 334 g/mol. The summed E-state index contributed by atoms with van der Waals surface area (Å²) in [5.74, 6) is 1.39. The Morgan fingerprint density at radius 2 is 2.00 bits per heavy atom. The van der Waals surface area contributed by atoms with Crippen molar-refractivity contribution in [3.63, 3.8) is 0 Å². The molecule has 23 heavy (non-hydrogen) atoms. The van der Waals surface area contributed by atoms with E-state index in [9.17, 15) is 8.42 Å². The molecule has 2 bridgehead atoms. The van der Waals surface area contributed by atoms with Crippen molar-refractivity contribution in [2.75, 3.05) is 25.9 Å². The molecule has 1 aromatic carbocycles. The third-order valence-corrected chi connectivity index (χ3v) is 6.33. The summed E-state index contributed by atoms with van der Waals surface area (Å²) >= 11 is 0. The highest BCUT2D eigenvalue weighted by Gasteiger charge is 2.37. The highest BCUT2D eigenvalue weighted by atomic mass is 32.2. The van der Waals surface area contributed by atoms with Crippen molar-refractivity contribution in [3.05, 3.63) is 36.1 Å². The molecule has 0 spiro atoms. The Bertz CT molecular complexity index is 781. The Hall–Kier alpha value is -1.37. The van der Waals surface area contributed by atoms with Crippen LogP contribution < -0.4 is 0 Å². The van der Waals surface area contributed by atoms with Crippen molar-refractivity contribution in [1.82, 2.24) is 9.21 Å². The number of sulfonamides is 1. The lowest BCUT2D eigenvalue weighted by Gasteiger charge is -2.35. The Morgan fingerprint density at radius 1 is 1.17 bits per heavy atom. The zero-order valence-corrected chi connectivity index (χ0v) is 14.1. The zero-order chi connectivity index (χ0) is 16.0. The van der Waals surface area contributed by atoms with Crippen molar-refractivity contribution in [3.8, 4) is 0 Å². The van der Waals surface area contributed by atoms with Crippen LogP contribution in [-0.2, 0) is 16.6 Å². The number of piperidine rings is 1. The van der Waals surface area contributed by atoms with E-state index in [0.717, 1.165) is 42.7 Å². The number of furan rings is 1. The lowest BCUT2D eigenvalue weighted by Crippen LogP contribution is -2.43. The van der Waals surface area contributed by atoms with Crippen LogP contribution >= 0.6 is 0 Å². The fourth-order valence-electron chi connectivity index (χ4n) is 3.92. The molecule has 5 nitrogen and oxygen atoms in total. The maximum Gasteiger partial charge on any atom is 0.211 e. The number of hydrogen-bond acceptors (Lipinski definition) is 4. The van der Waals surface area contributed by atoms with Crippen LogP contribution in [-0.4, -0.2) is 49.6 Å². The normalized spacial score (nSPS) is 26.7. The molecule has 2 aromatic rings. The Labute approximate surface area is 136 Å². The fourth-order valence-corrected chi connectivity index (χ4v) is 4.84. The first-order valence-corrected chi connectivity index (χ1v) is 10.0. The van der Waals surface area contributed by atoms with E-state index >= 15 is 0 Å². The predicted octanol–water partition coefficient (Wildman–Crippen LogP) is 2.29. The van der Waals surface area contributed by atoms with Gasteiger partial charge in [0.1, 0.15) is 11.3 Å². The number of para-hydroxylation sites is 1. The van der Waals surface area contributed by atoms with Crippen LogP contribution in [0.4, 0.5) is 0 Å². The van der Waals surface area contributed by atoms with E-state index in [0.29, 0.717) is 19.0 Å². The molecule has 6 heteroatoms. The van der Waals surface area contributed by atoms with Gasteiger partial charge in [-0.25, -0.2) is 12.7 Å². The molecule has 1 aromatic heterocycles. The van der Waals surface area contributed by atoms with Crippen molar-refractivity contribution in [1.29, 1.82) is 0 Å². The van der Waals surface area contributed by atoms with Gasteiger partial charge >= 0.3 is 0 Å². The van der Waals surface area contributed by atoms with Crippen molar-refractivity contribution >= 4 is 21.0 Å². The molecule has 3 saturated heterocycles. The third-order valence-electron chi connectivity index (χ3n) is 5.10. The summed E-state index contributed by atoms with van der Waals surface area (Å²) in [5.41, 5.74) is 0.917. The average Bonchev–Trinajstić information content (AvgIpc) is 2.66. The molecule has 2 atom stereocenters. The van der Waals surface area contributed by atoms with E-state index < -0.39 is 10.0 Å². The fraction of sp³-hybridized carbons (Fsp3) is 0.529. The minimum atomic E-state index is -3.11. The van der Waals surface area contributed by atoms with E-state index in [2.05, 4.69) is 17.0 Å². The van der Waals surface area contributed by atoms with Crippen LogP contribution in [0.1, 0.15) is 18.6 Å². The van der Waals surface area contributed by atoms with Crippen LogP contribution in [0.15, 0.2) is 34.7 Å². The van der Waals surface area contributed by atoms with Gasteiger partial charge in [0.25, 0.3) is 0 Å². The number of fused-ring (bicyclic) bond motifs is 5. The van der Waals surface area contributed by atoms with Gasteiger partial charge in [-0.15, -0.1) is 0 Å². The minimum absolute atomic E-state index is 0.289. The van der Waals surface area contributed by atoms with Gasteiger partial charge < -0.3 is 4.42 Å². The molecule has 0 radical (unpaired) electrons. The van der Waals surface area contributed by atoms with Crippen LogP contribution in [0.3, 0.4) is 0 Å². The molecule has 0 N–H and O–H groups in total. The highest BCUT2D eigenvalue weighted by molar-refractivity contribution is 7.88. The summed E-state index contributed by atoms with van der Waals surface area (Å²) in [7, 11) is -3.11. The standard InChI is InChI=1S/C17H22N2O3S/c1-23(20,21)19-10-13-6-7-15(11-19)18(9-13)12-16-8-14-4-2-3-5-17(14)22-16/h2-5,8,13,15H,6-7,9-12H2,1H3/t13-,15-/m1/s1. The largest absolute Gasteiger partial charge is 0.460 e. The molecule has 3 aliphatic heterocycles. The van der Waals surface area contributed by atoms with Crippen LogP contribution in [0, 0.1) is 5.92 Å². The number of rotatable bonds is 3. The summed E-state index contributed by atoms with van der Waals surface area (Å²) in [6.07, 6.45) is 3.51. The average molecular weight is 334 g/mol. The highest BCUT2D eigenvalue weighted by Crippen LogP contribution is 2.31. The van der Waals surface area contributed by atoms with Gasteiger partial charge in [0.15, 0.2) is 0 Å². The molecule has 0 aliphatic carbocycles. The summed E-state index contributed by atoms with van der Waals surface area (Å²) in [6.45, 7) is 2.97. The molecule has 124 valence electrons. The van der Waals surface area contributed by atoms with Gasteiger partial charge in [0.2, 0.25) is 10.0 Å². The van der Waals surface area contributed by atoms with Gasteiger partial charge in [0.05, 0.1) is 12.8 Å². The number of nitrogens with zero attached hydrogens (tertiary/aromatic N) is 2. The van der Waals surface area contributed by atoms with Crippen LogP contribution in [0.25, 0.3) is 11.0 Å². The van der Waals surface area contributed by atoms with E-state index in [4.69, 9.17) is 4.42 Å².